The predicted molar refractivity (Wildman–Crippen MR) is 253 cm³/mol. The fraction of sp³-hybridized carbons (Fsp3) is 0.900. The molecular formula is C50H98NO8P. The molecule has 9 nitrogen and oxygen atoms in total. The second-order valence-corrected chi connectivity index (χ2v) is 19.1. The van der Waals surface area contributed by atoms with E-state index in [1.165, 1.54) is 167 Å². The summed E-state index contributed by atoms with van der Waals surface area (Å²) in [5.41, 5.74) is -0.565. The molecule has 1 amide bonds. The third kappa shape index (κ3) is 39.3. The first-order chi connectivity index (χ1) is 29.0. The van der Waals surface area contributed by atoms with E-state index in [-0.39, 0.29) is 26.4 Å². The second kappa shape index (κ2) is 41.5. The first-order valence-electron chi connectivity index (χ1n) is 25.2. The average Bonchev–Trinajstić information content (AvgIpc) is 3.23. The molecule has 0 aliphatic rings. The number of alkyl carbamates (subject to hydrolysis) is 1. The van der Waals surface area contributed by atoms with Gasteiger partial charge in [-0.1, -0.05) is 221 Å². The lowest BCUT2D eigenvalue weighted by Crippen LogP contribution is -2.37. The van der Waals surface area contributed by atoms with Crippen LogP contribution in [0.3, 0.4) is 0 Å². The SMILES string of the molecule is C=C(CCCCCCCCCCCCCCCCC)OCC(COP(=O)(O)OCCNC(=O)OC(C)(CC)CC)OC(=C)CCCCCCCCCCCCCCCCC. The largest absolute Gasteiger partial charge is 0.495 e. The highest BCUT2D eigenvalue weighted by Gasteiger charge is 2.26. The van der Waals surface area contributed by atoms with Gasteiger partial charge in [0.1, 0.15) is 12.2 Å². The average molecular weight is 872 g/mol. The molecule has 2 unspecified atom stereocenters. The minimum absolute atomic E-state index is 0.00547. The molecule has 0 rings (SSSR count). The highest BCUT2D eigenvalue weighted by Crippen LogP contribution is 2.43. The van der Waals surface area contributed by atoms with Crippen molar-refractivity contribution in [2.75, 3.05) is 26.4 Å². The van der Waals surface area contributed by atoms with Crippen LogP contribution >= 0.6 is 7.82 Å². The standard InChI is InChI=1S/C50H98NO8P/c1-8-12-14-16-18-20-22-24-26-28-30-32-34-36-38-40-46(5)55-44-48(45-57-60(53,54)56-43-42-51-49(52)59-50(7,10-3)11-4)58-47(6)41-39-37-35-33-31-29-27-25-23-21-19-17-15-13-9-2/h48H,5-6,8-45H2,1-4,7H3,(H,51,52)(H,53,54). The maximum atomic E-state index is 12.7. The number of carbonyl (C=O) groups is 1. The zero-order chi connectivity index (χ0) is 44.4. The van der Waals surface area contributed by atoms with Crippen molar-refractivity contribution in [3.63, 3.8) is 0 Å². The Morgan fingerprint density at radius 1 is 0.567 bits per heavy atom. The summed E-state index contributed by atoms with van der Waals surface area (Å²) in [4.78, 5) is 22.6. The molecule has 0 aromatic carbocycles. The summed E-state index contributed by atoms with van der Waals surface area (Å²) >= 11 is 0. The van der Waals surface area contributed by atoms with Crippen molar-refractivity contribution in [3.8, 4) is 0 Å². The minimum Gasteiger partial charge on any atom is -0.495 e. The van der Waals surface area contributed by atoms with Crippen molar-refractivity contribution in [2.24, 2.45) is 0 Å². The quantitative estimate of drug-likeness (QED) is 0.0353. The summed E-state index contributed by atoms with van der Waals surface area (Å²) < 4.78 is 40.8. The van der Waals surface area contributed by atoms with E-state index in [1.54, 1.807) is 0 Å². The van der Waals surface area contributed by atoms with Gasteiger partial charge in [0.25, 0.3) is 0 Å². The van der Waals surface area contributed by atoms with Crippen molar-refractivity contribution in [1.82, 2.24) is 5.32 Å². The molecule has 356 valence electrons. The number of phosphoric ester groups is 1. The lowest BCUT2D eigenvalue weighted by molar-refractivity contribution is -0.00140. The summed E-state index contributed by atoms with van der Waals surface area (Å²) in [5.74, 6) is 1.28. The fourth-order valence-corrected chi connectivity index (χ4v) is 8.01. The van der Waals surface area contributed by atoms with Gasteiger partial charge in [-0.3, -0.25) is 9.05 Å². The summed E-state index contributed by atoms with van der Waals surface area (Å²) in [6, 6.07) is 0. The number of phosphoric acid groups is 1. The topological polar surface area (TPSA) is 113 Å². The molecule has 0 spiro atoms. The number of carbonyl (C=O) groups excluding carboxylic acids is 1. The van der Waals surface area contributed by atoms with Crippen molar-refractivity contribution >= 4 is 13.9 Å². The van der Waals surface area contributed by atoms with Crippen molar-refractivity contribution < 1.29 is 37.5 Å². The van der Waals surface area contributed by atoms with E-state index >= 15 is 0 Å². The predicted octanol–water partition coefficient (Wildman–Crippen LogP) is 16.4. The molecule has 0 saturated carbocycles. The highest BCUT2D eigenvalue weighted by atomic mass is 31.2. The zero-order valence-electron chi connectivity index (χ0n) is 40.1. The van der Waals surface area contributed by atoms with Crippen LogP contribution in [0.5, 0.6) is 0 Å². The van der Waals surface area contributed by atoms with Gasteiger partial charge < -0.3 is 24.4 Å². The van der Waals surface area contributed by atoms with E-state index in [4.69, 9.17) is 23.3 Å². The van der Waals surface area contributed by atoms with Gasteiger partial charge in [0.2, 0.25) is 0 Å². The molecule has 0 aromatic rings. The number of hydrogen-bond acceptors (Lipinski definition) is 7. The first kappa shape index (κ1) is 58.5. The van der Waals surface area contributed by atoms with Crippen LogP contribution < -0.4 is 5.32 Å². The molecule has 0 aromatic heterocycles. The van der Waals surface area contributed by atoms with E-state index in [0.29, 0.717) is 30.8 Å². The molecule has 2 atom stereocenters. The van der Waals surface area contributed by atoms with Crippen LogP contribution in [0, 0.1) is 0 Å². The Bertz CT molecular complexity index is 1050. The molecule has 0 bridgehead atoms. The first-order valence-corrected chi connectivity index (χ1v) is 26.7. The molecule has 60 heavy (non-hydrogen) atoms. The Kier molecular flexibility index (Phi) is 40.4. The monoisotopic (exact) mass is 872 g/mol. The Balaban J connectivity index is 4.54. The summed E-state index contributed by atoms with van der Waals surface area (Å²) in [6.45, 7) is 18.3. The van der Waals surface area contributed by atoms with Crippen LogP contribution in [0.4, 0.5) is 4.79 Å². The van der Waals surface area contributed by atoms with E-state index < -0.39 is 25.6 Å². The van der Waals surface area contributed by atoms with Gasteiger partial charge >= 0.3 is 13.9 Å². The van der Waals surface area contributed by atoms with Gasteiger partial charge in [0.05, 0.1) is 24.7 Å². The Morgan fingerprint density at radius 2 is 0.933 bits per heavy atom. The van der Waals surface area contributed by atoms with Crippen LogP contribution in [0.15, 0.2) is 24.7 Å². The van der Waals surface area contributed by atoms with Gasteiger partial charge in [-0.25, -0.2) is 9.36 Å². The Labute approximate surface area is 371 Å². The van der Waals surface area contributed by atoms with Crippen LogP contribution in [0.25, 0.3) is 0 Å². The lowest BCUT2D eigenvalue weighted by atomic mass is 10.0. The molecule has 0 aliphatic heterocycles. The van der Waals surface area contributed by atoms with E-state index in [2.05, 4.69) is 32.3 Å². The summed E-state index contributed by atoms with van der Waals surface area (Å²) in [6.07, 6.45) is 40.9. The number of ether oxygens (including phenoxy) is 3. The number of amides is 1. The number of rotatable bonds is 47. The number of unbranched alkanes of at least 4 members (excludes halogenated alkanes) is 28. The molecule has 10 heteroatoms. The van der Waals surface area contributed by atoms with Crippen molar-refractivity contribution in [2.45, 2.75) is 265 Å². The second-order valence-electron chi connectivity index (χ2n) is 17.6. The van der Waals surface area contributed by atoms with Gasteiger partial charge in [-0.15, -0.1) is 0 Å². The van der Waals surface area contributed by atoms with Gasteiger partial charge in [0, 0.05) is 19.4 Å². The molecule has 0 heterocycles. The van der Waals surface area contributed by atoms with Crippen LogP contribution in [0.2, 0.25) is 0 Å². The lowest BCUT2D eigenvalue weighted by Gasteiger charge is -2.26. The number of allylic oxidation sites excluding steroid dienone is 2. The Morgan fingerprint density at radius 3 is 1.32 bits per heavy atom. The maximum Gasteiger partial charge on any atom is 0.472 e. The maximum absolute atomic E-state index is 12.7. The minimum atomic E-state index is -4.43. The van der Waals surface area contributed by atoms with E-state index in [0.717, 1.165) is 32.1 Å². The smallest absolute Gasteiger partial charge is 0.472 e. The molecule has 0 aliphatic carbocycles. The van der Waals surface area contributed by atoms with Gasteiger partial charge in [-0.2, -0.15) is 0 Å². The fourth-order valence-electron chi connectivity index (χ4n) is 7.26. The van der Waals surface area contributed by atoms with Crippen LogP contribution in [-0.2, 0) is 27.8 Å². The van der Waals surface area contributed by atoms with Gasteiger partial charge in [-0.05, 0) is 32.6 Å². The van der Waals surface area contributed by atoms with Crippen LogP contribution in [-0.4, -0.2) is 49.1 Å². The summed E-state index contributed by atoms with van der Waals surface area (Å²) in [5, 5.41) is 2.57. The molecule has 0 radical (unpaired) electrons. The normalized spacial score (nSPS) is 13.2. The van der Waals surface area contributed by atoms with Crippen molar-refractivity contribution in [1.29, 1.82) is 0 Å². The zero-order valence-corrected chi connectivity index (χ0v) is 41.0. The third-order valence-electron chi connectivity index (χ3n) is 11.8. The van der Waals surface area contributed by atoms with E-state index in [1.807, 2.05) is 20.8 Å². The van der Waals surface area contributed by atoms with E-state index in [9.17, 15) is 14.3 Å². The number of hydrogen-bond donors (Lipinski definition) is 2. The molecule has 0 fully saturated rings. The molecule has 2 N–H and O–H groups in total. The highest BCUT2D eigenvalue weighted by molar-refractivity contribution is 7.47. The number of nitrogens with one attached hydrogen (secondary N) is 1. The van der Waals surface area contributed by atoms with Crippen molar-refractivity contribution in [3.05, 3.63) is 24.7 Å². The molecule has 0 saturated heterocycles. The Hall–Kier alpha value is -1.54. The summed E-state index contributed by atoms with van der Waals surface area (Å²) in [7, 11) is -4.43. The third-order valence-corrected chi connectivity index (χ3v) is 12.8. The van der Waals surface area contributed by atoms with Crippen LogP contribution in [0.1, 0.15) is 253 Å². The van der Waals surface area contributed by atoms with Gasteiger partial charge in [0.15, 0.2) is 6.10 Å². The molecular weight excluding hydrogens is 774 g/mol.